The molecule has 0 radical (unpaired) electrons. The van der Waals surface area contributed by atoms with E-state index in [9.17, 15) is 4.79 Å². The molecule has 18 heavy (non-hydrogen) atoms. The van der Waals surface area contributed by atoms with Crippen LogP contribution in [-0.4, -0.2) is 15.2 Å². The molecule has 2 aromatic heterocycles. The minimum Gasteiger partial charge on any atom is -0.297 e. The Kier molecular flexibility index (Phi) is 3.15. The Morgan fingerprint density at radius 3 is 2.78 bits per heavy atom. The maximum Gasteiger partial charge on any atom is 0.184 e. The van der Waals surface area contributed by atoms with Gasteiger partial charge in [-0.1, -0.05) is 20.8 Å². The van der Waals surface area contributed by atoms with Crippen LogP contribution in [0.3, 0.4) is 0 Å². The lowest BCUT2D eigenvalue weighted by atomic mass is 9.92. The van der Waals surface area contributed by atoms with E-state index < -0.39 is 0 Å². The summed E-state index contributed by atoms with van der Waals surface area (Å²) in [5.41, 5.74) is 1.76. The van der Waals surface area contributed by atoms with Gasteiger partial charge in [0.1, 0.15) is 11.3 Å². The number of Topliss-reactive ketones (excluding diaryl/α,β-unsaturated/α-hetero) is 1. The highest BCUT2D eigenvalue weighted by atomic mass is 16.1. The SMILES string of the molecule is CC(C)C(C)C(=O)c1cnc2cc(C#N)ccn12. The molecule has 0 saturated heterocycles. The fourth-order valence-corrected chi connectivity index (χ4v) is 1.77. The molecule has 4 heteroatoms. The van der Waals surface area contributed by atoms with Gasteiger partial charge in [0.15, 0.2) is 5.78 Å². The van der Waals surface area contributed by atoms with Crippen molar-refractivity contribution in [1.29, 1.82) is 5.26 Å². The second-order valence-electron chi connectivity index (χ2n) is 4.80. The Balaban J connectivity index is 2.48. The summed E-state index contributed by atoms with van der Waals surface area (Å²) in [6.45, 7) is 5.98. The number of nitrogens with zero attached hydrogens (tertiary/aromatic N) is 3. The summed E-state index contributed by atoms with van der Waals surface area (Å²) in [6.07, 6.45) is 3.30. The molecule has 92 valence electrons. The topological polar surface area (TPSA) is 58.2 Å². The number of carbonyl (C=O) groups is 1. The van der Waals surface area contributed by atoms with Crippen LogP contribution in [0.5, 0.6) is 0 Å². The first-order chi connectivity index (χ1) is 8.54. The molecule has 2 rings (SSSR count). The van der Waals surface area contributed by atoms with Crippen LogP contribution in [0.4, 0.5) is 0 Å². The van der Waals surface area contributed by atoms with E-state index >= 15 is 0 Å². The van der Waals surface area contributed by atoms with Gasteiger partial charge in [-0.25, -0.2) is 4.98 Å². The molecule has 0 bridgehead atoms. The number of imidazole rings is 1. The lowest BCUT2D eigenvalue weighted by Gasteiger charge is -2.13. The maximum absolute atomic E-state index is 12.3. The highest BCUT2D eigenvalue weighted by Gasteiger charge is 2.21. The number of hydrogen-bond acceptors (Lipinski definition) is 3. The van der Waals surface area contributed by atoms with Crippen molar-refractivity contribution in [3.63, 3.8) is 0 Å². The smallest absolute Gasteiger partial charge is 0.184 e. The molecule has 4 nitrogen and oxygen atoms in total. The van der Waals surface area contributed by atoms with E-state index in [4.69, 9.17) is 5.26 Å². The highest BCUT2D eigenvalue weighted by Crippen LogP contribution is 2.18. The van der Waals surface area contributed by atoms with Gasteiger partial charge in [0.25, 0.3) is 0 Å². The monoisotopic (exact) mass is 241 g/mol. The number of aromatic nitrogens is 2. The lowest BCUT2D eigenvalue weighted by molar-refractivity contribution is 0.0893. The Morgan fingerprint density at radius 2 is 2.17 bits per heavy atom. The van der Waals surface area contributed by atoms with Crippen LogP contribution >= 0.6 is 0 Å². The summed E-state index contributed by atoms with van der Waals surface area (Å²) in [7, 11) is 0. The number of ketones is 1. The lowest BCUT2D eigenvalue weighted by Crippen LogP contribution is -2.18. The van der Waals surface area contributed by atoms with Gasteiger partial charge in [0.2, 0.25) is 0 Å². The second kappa shape index (κ2) is 4.61. The van der Waals surface area contributed by atoms with Gasteiger partial charge in [0.05, 0.1) is 17.8 Å². The van der Waals surface area contributed by atoms with E-state index in [1.54, 1.807) is 28.9 Å². The van der Waals surface area contributed by atoms with E-state index in [0.29, 0.717) is 22.8 Å². The first-order valence-electron chi connectivity index (χ1n) is 5.96. The van der Waals surface area contributed by atoms with Crippen molar-refractivity contribution < 1.29 is 4.79 Å². The zero-order valence-electron chi connectivity index (χ0n) is 10.7. The van der Waals surface area contributed by atoms with Gasteiger partial charge in [-0.2, -0.15) is 5.26 Å². The maximum atomic E-state index is 12.3. The number of pyridine rings is 1. The fraction of sp³-hybridized carbons (Fsp3) is 0.357. The van der Waals surface area contributed by atoms with Crippen molar-refractivity contribution in [1.82, 2.24) is 9.38 Å². The van der Waals surface area contributed by atoms with Crippen LogP contribution in [0.2, 0.25) is 0 Å². The quantitative estimate of drug-likeness (QED) is 0.776. The standard InChI is InChI=1S/C14H15N3O/c1-9(2)10(3)14(18)12-8-16-13-6-11(7-15)4-5-17(12)13/h4-6,8-10H,1-3H3. The number of rotatable bonds is 3. The van der Waals surface area contributed by atoms with Gasteiger partial charge >= 0.3 is 0 Å². The fourth-order valence-electron chi connectivity index (χ4n) is 1.77. The molecule has 0 N–H and O–H groups in total. The van der Waals surface area contributed by atoms with E-state index in [2.05, 4.69) is 11.1 Å². The summed E-state index contributed by atoms with van der Waals surface area (Å²) >= 11 is 0. The van der Waals surface area contributed by atoms with Crippen LogP contribution < -0.4 is 0 Å². The largest absolute Gasteiger partial charge is 0.297 e. The van der Waals surface area contributed by atoms with Crippen molar-refractivity contribution in [2.75, 3.05) is 0 Å². The third kappa shape index (κ3) is 2.00. The molecule has 2 aromatic rings. The number of fused-ring (bicyclic) bond motifs is 1. The van der Waals surface area contributed by atoms with Gasteiger partial charge in [-0.3, -0.25) is 9.20 Å². The Hall–Kier alpha value is -2.15. The van der Waals surface area contributed by atoms with Crippen molar-refractivity contribution in [2.24, 2.45) is 11.8 Å². The zero-order valence-corrected chi connectivity index (χ0v) is 10.7. The van der Waals surface area contributed by atoms with Gasteiger partial charge in [-0.05, 0) is 18.1 Å². The second-order valence-corrected chi connectivity index (χ2v) is 4.80. The van der Waals surface area contributed by atoms with Crippen LogP contribution in [-0.2, 0) is 0 Å². The van der Waals surface area contributed by atoms with Crippen molar-refractivity contribution >= 4 is 11.4 Å². The molecule has 0 fully saturated rings. The minimum atomic E-state index is -0.0412. The summed E-state index contributed by atoms with van der Waals surface area (Å²) in [5.74, 6) is 0.337. The van der Waals surface area contributed by atoms with Crippen LogP contribution in [0, 0.1) is 23.2 Å². The molecular formula is C14H15N3O. The number of hydrogen-bond donors (Lipinski definition) is 0. The third-order valence-corrected chi connectivity index (χ3v) is 3.31. The average molecular weight is 241 g/mol. The van der Waals surface area contributed by atoms with E-state index in [0.717, 1.165) is 0 Å². The highest BCUT2D eigenvalue weighted by molar-refractivity contribution is 5.96. The molecule has 0 amide bonds. The predicted molar refractivity (Wildman–Crippen MR) is 68.2 cm³/mol. The van der Waals surface area contributed by atoms with Crippen molar-refractivity contribution in [3.8, 4) is 6.07 Å². The Bertz CT molecular complexity index is 634. The first kappa shape index (κ1) is 12.3. The van der Waals surface area contributed by atoms with Gasteiger partial charge in [-0.15, -0.1) is 0 Å². The van der Waals surface area contributed by atoms with Crippen LogP contribution in [0.15, 0.2) is 24.5 Å². The molecule has 0 saturated carbocycles. The van der Waals surface area contributed by atoms with E-state index in [1.165, 1.54) is 0 Å². The molecule has 0 aliphatic heterocycles. The molecule has 0 aliphatic rings. The summed E-state index contributed by atoms with van der Waals surface area (Å²) in [4.78, 5) is 16.5. The normalized spacial score (nSPS) is 12.6. The molecule has 2 heterocycles. The summed E-state index contributed by atoms with van der Waals surface area (Å²) in [6, 6.07) is 5.42. The van der Waals surface area contributed by atoms with Crippen LogP contribution in [0.25, 0.3) is 5.65 Å². The van der Waals surface area contributed by atoms with Crippen LogP contribution in [0.1, 0.15) is 36.8 Å². The molecular weight excluding hydrogens is 226 g/mol. The molecule has 1 unspecified atom stereocenters. The van der Waals surface area contributed by atoms with Crippen molar-refractivity contribution in [2.45, 2.75) is 20.8 Å². The number of carbonyl (C=O) groups excluding carboxylic acids is 1. The van der Waals surface area contributed by atoms with Gasteiger partial charge in [0, 0.05) is 12.1 Å². The van der Waals surface area contributed by atoms with E-state index in [-0.39, 0.29) is 11.7 Å². The van der Waals surface area contributed by atoms with Gasteiger partial charge < -0.3 is 0 Å². The third-order valence-electron chi connectivity index (χ3n) is 3.31. The Morgan fingerprint density at radius 1 is 1.44 bits per heavy atom. The Labute approximate surface area is 106 Å². The summed E-state index contributed by atoms with van der Waals surface area (Å²) in [5, 5.41) is 8.82. The molecule has 1 atom stereocenters. The molecule has 0 aromatic carbocycles. The van der Waals surface area contributed by atoms with Crippen molar-refractivity contribution in [3.05, 3.63) is 35.8 Å². The zero-order chi connectivity index (χ0) is 13.3. The minimum absolute atomic E-state index is 0.0412. The predicted octanol–water partition coefficient (Wildman–Crippen LogP) is 2.68. The first-order valence-corrected chi connectivity index (χ1v) is 5.96. The number of nitriles is 1. The molecule has 0 spiro atoms. The average Bonchev–Trinajstić information content (AvgIpc) is 2.79. The summed E-state index contributed by atoms with van der Waals surface area (Å²) < 4.78 is 1.74. The van der Waals surface area contributed by atoms with E-state index in [1.807, 2.05) is 20.8 Å². The molecule has 0 aliphatic carbocycles.